The molecule has 0 aromatic heterocycles. The standard InChI is InChI=1S/C20H42.C5H14N2/c1-3-5-7-9-11-13-15-17-19-20-18-16-14-12-10-8-6-4-2;1-7(2)5-3-4-6/h3-20H2,1-2H3;3-6H2,1-2H3. The smallest absolute Gasteiger partial charge is 0.00128 e. The summed E-state index contributed by atoms with van der Waals surface area (Å²) in [5.41, 5.74) is 5.25. The maximum absolute atomic E-state index is 5.25. The Morgan fingerprint density at radius 3 is 0.852 bits per heavy atom. The van der Waals surface area contributed by atoms with Gasteiger partial charge < -0.3 is 10.6 Å². The highest BCUT2D eigenvalue weighted by molar-refractivity contribution is 4.50. The van der Waals surface area contributed by atoms with Gasteiger partial charge >= 0.3 is 0 Å². The van der Waals surface area contributed by atoms with E-state index in [4.69, 9.17) is 5.73 Å². The van der Waals surface area contributed by atoms with Gasteiger partial charge in [-0.3, -0.25) is 0 Å². The normalized spacial score (nSPS) is 10.9. The van der Waals surface area contributed by atoms with Crippen molar-refractivity contribution in [1.82, 2.24) is 4.90 Å². The van der Waals surface area contributed by atoms with Crippen LogP contribution in [-0.4, -0.2) is 32.1 Å². The van der Waals surface area contributed by atoms with Gasteiger partial charge in [0.2, 0.25) is 0 Å². The predicted molar refractivity (Wildman–Crippen MR) is 127 cm³/mol. The summed E-state index contributed by atoms with van der Waals surface area (Å²) < 4.78 is 0. The third-order valence-electron chi connectivity index (χ3n) is 5.27. The summed E-state index contributed by atoms with van der Waals surface area (Å²) in [6, 6.07) is 0. The van der Waals surface area contributed by atoms with Gasteiger partial charge in [0.05, 0.1) is 0 Å². The van der Waals surface area contributed by atoms with Crippen molar-refractivity contribution in [2.24, 2.45) is 5.73 Å². The molecule has 0 aromatic rings. The first kappa shape index (κ1) is 29.1. The minimum Gasteiger partial charge on any atom is -0.330 e. The third-order valence-corrected chi connectivity index (χ3v) is 5.27. The zero-order valence-electron chi connectivity index (χ0n) is 19.9. The highest BCUT2D eigenvalue weighted by atomic mass is 15.0. The molecule has 166 valence electrons. The molecule has 0 bridgehead atoms. The van der Waals surface area contributed by atoms with Crippen LogP contribution in [0.5, 0.6) is 0 Å². The Morgan fingerprint density at radius 1 is 0.444 bits per heavy atom. The van der Waals surface area contributed by atoms with Crippen LogP contribution < -0.4 is 5.73 Å². The van der Waals surface area contributed by atoms with Crippen LogP contribution in [0.3, 0.4) is 0 Å². The lowest BCUT2D eigenvalue weighted by atomic mass is 10.0. The van der Waals surface area contributed by atoms with Crippen molar-refractivity contribution in [2.45, 2.75) is 136 Å². The van der Waals surface area contributed by atoms with Crippen molar-refractivity contribution >= 4 is 0 Å². The van der Waals surface area contributed by atoms with Crippen LogP contribution in [-0.2, 0) is 0 Å². The molecule has 0 amide bonds. The van der Waals surface area contributed by atoms with Crippen LogP contribution in [0, 0.1) is 0 Å². The lowest BCUT2D eigenvalue weighted by Gasteiger charge is -2.05. The van der Waals surface area contributed by atoms with E-state index in [0.717, 1.165) is 19.5 Å². The summed E-state index contributed by atoms with van der Waals surface area (Å²) >= 11 is 0. The summed E-state index contributed by atoms with van der Waals surface area (Å²) in [7, 11) is 4.10. The van der Waals surface area contributed by atoms with E-state index in [-0.39, 0.29) is 0 Å². The SMILES string of the molecule is CCCCCCCCCCCCCCCCCCCC.CN(C)CCCN. The fourth-order valence-electron chi connectivity index (χ4n) is 3.38. The Morgan fingerprint density at radius 2 is 0.704 bits per heavy atom. The van der Waals surface area contributed by atoms with Gasteiger partial charge in [-0.15, -0.1) is 0 Å². The van der Waals surface area contributed by atoms with Gasteiger partial charge in [0.15, 0.2) is 0 Å². The Labute approximate surface area is 174 Å². The molecule has 0 aliphatic carbocycles. The quantitative estimate of drug-likeness (QED) is 0.216. The number of unbranched alkanes of at least 4 members (excludes halogenated alkanes) is 17. The van der Waals surface area contributed by atoms with E-state index in [1.54, 1.807) is 0 Å². The van der Waals surface area contributed by atoms with Gasteiger partial charge in [0.25, 0.3) is 0 Å². The Hall–Kier alpha value is -0.0800. The van der Waals surface area contributed by atoms with Gasteiger partial charge in [-0.25, -0.2) is 0 Å². The number of nitrogens with two attached hydrogens (primary N) is 1. The van der Waals surface area contributed by atoms with Crippen molar-refractivity contribution in [1.29, 1.82) is 0 Å². The summed E-state index contributed by atoms with van der Waals surface area (Å²) in [6.45, 7) is 6.51. The molecule has 0 aliphatic heterocycles. The van der Waals surface area contributed by atoms with E-state index in [9.17, 15) is 0 Å². The average molecular weight is 385 g/mol. The van der Waals surface area contributed by atoms with E-state index in [1.807, 2.05) is 0 Å². The molecule has 0 aliphatic rings. The molecule has 2 N–H and O–H groups in total. The van der Waals surface area contributed by atoms with Gasteiger partial charge in [0.1, 0.15) is 0 Å². The lowest BCUT2D eigenvalue weighted by Crippen LogP contribution is -2.16. The monoisotopic (exact) mass is 384 g/mol. The fourth-order valence-corrected chi connectivity index (χ4v) is 3.38. The second-order valence-corrected chi connectivity index (χ2v) is 8.60. The van der Waals surface area contributed by atoms with Crippen molar-refractivity contribution in [3.05, 3.63) is 0 Å². The zero-order valence-corrected chi connectivity index (χ0v) is 19.9. The third kappa shape index (κ3) is 33.9. The molecule has 0 unspecified atom stereocenters. The van der Waals surface area contributed by atoms with Crippen molar-refractivity contribution in [3.8, 4) is 0 Å². The fraction of sp³-hybridized carbons (Fsp3) is 1.00. The largest absolute Gasteiger partial charge is 0.330 e. The molecule has 2 nitrogen and oxygen atoms in total. The van der Waals surface area contributed by atoms with Gasteiger partial charge in [-0.2, -0.15) is 0 Å². The van der Waals surface area contributed by atoms with E-state index >= 15 is 0 Å². The molecule has 0 saturated heterocycles. The molecular weight excluding hydrogens is 328 g/mol. The maximum Gasteiger partial charge on any atom is -0.00128 e. The summed E-state index contributed by atoms with van der Waals surface area (Å²) in [4.78, 5) is 2.13. The first-order valence-corrected chi connectivity index (χ1v) is 12.5. The summed E-state index contributed by atoms with van der Waals surface area (Å²) in [5, 5.41) is 0. The molecular formula is C25H56N2. The average Bonchev–Trinajstić information content (AvgIpc) is 2.66. The van der Waals surface area contributed by atoms with Crippen LogP contribution in [0.1, 0.15) is 136 Å². The van der Waals surface area contributed by atoms with Crippen LogP contribution in [0.15, 0.2) is 0 Å². The van der Waals surface area contributed by atoms with Crippen molar-refractivity contribution < 1.29 is 0 Å². The molecule has 0 atom stereocenters. The molecule has 0 fully saturated rings. The molecule has 2 heteroatoms. The minimum absolute atomic E-state index is 0.804. The second kappa shape index (κ2) is 28.1. The molecule has 0 aromatic carbocycles. The molecule has 0 saturated carbocycles. The number of hydrogen-bond donors (Lipinski definition) is 1. The molecule has 0 spiro atoms. The van der Waals surface area contributed by atoms with E-state index in [1.165, 1.54) is 116 Å². The number of nitrogens with zero attached hydrogens (tertiary/aromatic N) is 1. The molecule has 0 heterocycles. The van der Waals surface area contributed by atoms with Crippen molar-refractivity contribution in [2.75, 3.05) is 27.2 Å². The number of hydrogen-bond acceptors (Lipinski definition) is 2. The van der Waals surface area contributed by atoms with Crippen LogP contribution in [0.2, 0.25) is 0 Å². The second-order valence-electron chi connectivity index (χ2n) is 8.60. The highest BCUT2D eigenvalue weighted by Crippen LogP contribution is 2.14. The Kier molecular flexibility index (Phi) is 30.3. The van der Waals surface area contributed by atoms with Crippen LogP contribution in [0.4, 0.5) is 0 Å². The van der Waals surface area contributed by atoms with Crippen LogP contribution >= 0.6 is 0 Å². The topological polar surface area (TPSA) is 29.3 Å². The summed E-state index contributed by atoms with van der Waals surface area (Å²) in [5.74, 6) is 0. The maximum atomic E-state index is 5.25. The van der Waals surface area contributed by atoms with Crippen LogP contribution in [0.25, 0.3) is 0 Å². The van der Waals surface area contributed by atoms with E-state index < -0.39 is 0 Å². The van der Waals surface area contributed by atoms with Gasteiger partial charge in [-0.05, 0) is 33.6 Å². The van der Waals surface area contributed by atoms with Crippen molar-refractivity contribution in [3.63, 3.8) is 0 Å². The first-order valence-electron chi connectivity index (χ1n) is 12.5. The Balaban J connectivity index is 0. The van der Waals surface area contributed by atoms with Gasteiger partial charge in [0, 0.05) is 0 Å². The van der Waals surface area contributed by atoms with Gasteiger partial charge in [-0.1, -0.05) is 129 Å². The Bertz CT molecular complexity index is 210. The zero-order chi connectivity index (χ0) is 20.4. The minimum atomic E-state index is 0.804. The molecule has 27 heavy (non-hydrogen) atoms. The molecule has 0 rings (SSSR count). The van der Waals surface area contributed by atoms with E-state index in [2.05, 4.69) is 32.8 Å². The molecule has 0 radical (unpaired) electrons. The predicted octanol–water partition coefficient (Wildman–Crippen LogP) is 7.94. The lowest BCUT2D eigenvalue weighted by molar-refractivity contribution is 0.403. The number of rotatable bonds is 20. The summed E-state index contributed by atoms with van der Waals surface area (Å²) in [6.07, 6.45) is 27.5. The van der Waals surface area contributed by atoms with E-state index in [0.29, 0.717) is 0 Å². The first-order chi connectivity index (χ1) is 13.2. The highest BCUT2D eigenvalue weighted by Gasteiger charge is 1.94.